The van der Waals surface area contributed by atoms with Crippen LogP contribution in [0.2, 0.25) is 0 Å². The molecular weight excluding hydrogens is 556 g/mol. The largest absolute Gasteiger partial charge is 0.468 e. The Morgan fingerprint density at radius 3 is 2.19 bits per heavy atom. The van der Waals surface area contributed by atoms with Gasteiger partial charge in [-0.05, 0) is 28.3 Å². The molecule has 0 fully saturated rings. The van der Waals surface area contributed by atoms with Gasteiger partial charge in [0.15, 0.2) is 11.2 Å². The molecular formula is C29H30N8O6. The van der Waals surface area contributed by atoms with Crippen molar-refractivity contribution in [1.29, 1.82) is 0 Å². The van der Waals surface area contributed by atoms with Crippen molar-refractivity contribution in [2.45, 2.75) is 45.8 Å². The Hall–Kier alpha value is -5.40. The van der Waals surface area contributed by atoms with Gasteiger partial charge in [0.2, 0.25) is 5.82 Å². The number of carbonyl (C=O) groups is 2. The second-order valence-electron chi connectivity index (χ2n) is 9.78. The van der Waals surface area contributed by atoms with Crippen molar-refractivity contribution in [3.63, 3.8) is 0 Å². The highest BCUT2D eigenvalue weighted by molar-refractivity contribution is 5.80. The number of nitrogens with zero attached hydrogens (tertiary/aromatic N) is 7. The van der Waals surface area contributed by atoms with E-state index < -0.39 is 36.3 Å². The molecule has 3 aromatic heterocycles. The summed E-state index contributed by atoms with van der Waals surface area (Å²) in [5.74, 6) is -0.425. The first-order valence-electron chi connectivity index (χ1n) is 13.6. The minimum atomic E-state index is -0.857. The van der Waals surface area contributed by atoms with Crippen molar-refractivity contribution in [3.8, 4) is 22.5 Å². The number of unbranched alkanes of at least 4 members (excludes halogenated alkanes) is 1. The fourth-order valence-corrected chi connectivity index (χ4v) is 4.88. The van der Waals surface area contributed by atoms with Crippen LogP contribution in [0.15, 0.2) is 58.1 Å². The number of ether oxygens (including phenoxy) is 2. The van der Waals surface area contributed by atoms with Gasteiger partial charge in [0.05, 0.1) is 14.2 Å². The lowest BCUT2D eigenvalue weighted by molar-refractivity contribution is -0.141. The highest BCUT2D eigenvalue weighted by atomic mass is 16.5. The number of hydrogen-bond acceptors (Lipinski definition) is 10. The maximum Gasteiger partial charge on any atom is 0.333 e. The number of aromatic nitrogens is 8. The number of benzene rings is 2. The van der Waals surface area contributed by atoms with E-state index in [-0.39, 0.29) is 17.7 Å². The van der Waals surface area contributed by atoms with Gasteiger partial charge in [-0.15, -0.1) is 10.2 Å². The molecule has 0 spiro atoms. The number of aromatic amines is 1. The third-order valence-corrected chi connectivity index (χ3v) is 7.10. The first-order chi connectivity index (χ1) is 20.9. The molecule has 5 rings (SSSR count). The molecule has 0 atom stereocenters. The predicted octanol–water partition coefficient (Wildman–Crippen LogP) is 1.94. The molecule has 1 N–H and O–H groups in total. The minimum Gasteiger partial charge on any atom is -0.468 e. The second-order valence-corrected chi connectivity index (χ2v) is 9.78. The summed E-state index contributed by atoms with van der Waals surface area (Å²) in [6, 6.07) is 15.5. The van der Waals surface area contributed by atoms with E-state index in [9.17, 15) is 19.2 Å². The number of nitrogens with one attached hydrogen (secondary N) is 1. The van der Waals surface area contributed by atoms with Crippen molar-refractivity contribution in [2.75, 3.05) is 14.2 Å². The van der Waals surface area contributed by atoms with Crippen LogP contribution in [-0.2, 0) is 45.1 Å². The maximum atomic E-state index is 13.7. The smallest absolute Gasteiger partial charge is 0.333 e. The Morgan fingerprint density at radius 1 is 0.884 bits per heavy atom. The molecule has 5 aromatic rings. The minimum absolute atomic E-state index is 0.0540. The summed E-state index contributed by atoms with van der Waals surface area (Å²) in [5.41, 5.74) is 2.13. The van der Waals surface area contributed by atoms with Crippen LogP contribution in [0, 0.1) is 0 Å². The van der Waals surface area contributed by atoms with E-state index in [0.29, 0.717) is 18.1 Å². The fourth-order valence-electron chi connectivity index (χ4n) is 4.88. The quantitative estimate of drug-likeness (QED) is 0.226. The summed E-state index contributed by atoms with van der Waals surface area (Å²) in [6.45, 7) is 1.20. The summed E-state index contributed by atoms with van der Waals surface area (Å²) in [6.07, 6.45) is 2.19. The van der Waals surface area contributed by atoms with Crippen LogP contribution < -0.4 is 11.2 Å². The van der Waals surface area contributed by atoms with Crippen LogP contribution in [0.5, 0.6) is 0 Å². The Bertz CT molecular complexity index is 1890. The summed E-state index contributed by atoms with van der Waals surface area (Å²) < 4.78 is 13.1. The van der Waals surface area contributed by atoms with Gasteiger partial charge in [0, 0.05) is 18.5 Å². The number of aryl methyl sites for hydroxylation is 1. The van der Waals surface area contributed by atoms with E-state index in [4.69, 9.17) is 9.47 Å². The second kappa shape index (κ2) is 12.6. The molecule has 0 radical (unpaired) electrons. The van der Waals surface area contributed by atoms with Gasteiger partial charge in [-0.1, -0.05) is 61.9 Å². The van der Waals surface area contributed by atoms with Crippen LogP contribution in [-0.4, -0.2) is 65.5 Å². The number of tetrazole rings is 1. The molecule has 0 aliphatic heterocycles. The zero-order valence-corrected chi connectivity index (χ0v) is 23.9. The molecule has 43 heavy (non-hydrogen) atoms. The van der Waals surface area contributed by atoms with Gasteiger partial charge < -0.3 is 14.0 Å². The van der Waals surface area contributed by atoms with Crippen LogP contribution in [0.3, 0.4) is 0 Å². The zero-order valence-electron chi connectivity index (χ0n) is 23.9. The van der Waals surface area contributed by atoms with Gasteiger partial charge in [-0.2, -0.15) is 5.21 Å². The zero-order chi connectivity index (χ0) is 30.5. The first kappa shape index (κ1) is 29.1. The number of H-pyrrole nitrogens is 1. The summed E-state index contributed by atoms with van der Waals surface area (Å²) in [5, 5.41) is 14.4. The van der Waals surface area contributed by atoms with E-state index in [1.165, 1.54) is 7.11 Å². The summed E-state index contributed by atoms with van der Waals surface area (Å²) in [4.78, 5) is 56.1. The number of esters is 2. The molecule has 0 saturated heterocycles. The standard InChI is InChI=1S/C29H30N8O6/c1-4-5-10-22-30-27-25(28(40)37(17-24(39)43-3)29(41)36(27)16-23(38)42-2)35(22)15-18-11-13-19(14-12-18)20-8-6-7-9-21(20)26-31-33-34-32-26/h6-9,11-14H,4-5,10,15-17H2,1-3H3,(H,31,32,33,34). The number of methoxy groups -OCH3 is 2. The van der Waals surface area contributed by atoms with E-state index >= 15 is 0 Å². The summed E-state index contributed by atoms with van der Waals surface area (Å²) >= 11 is 0. The topological polar surface area (TPSA) is 169 Å². The molecule has 14 heteroatoms. The van der Waals surface area contributed by atoms with Crippen LogP contribution >= 0.6 is 0 Å². The molecule has 0 bridgehead atoms. The van der Waals surface area contributed by atoms with Crippen molar-refractivity contribution in [3.05, 3.63) is 80.8 Å². The number of rotatable bonds is 11. The van der Waals surface area contributed by atoms with E-state index in [0.717, 1.165) is 51.3 Å². The highest BCUT2D eigenvalue weighted by Gasteiger charge is 2.24. The van der Waals surface area contributed by atoms with Crippen LogP contribution in [0.1, 0.15) is 31.2 Å². The van der Waals surface area contributed by atoms with Crippen molar-refractivity contribution in [2.24, 2.45) is 0 Å². The van der Waals surface area contributed by atoms with Gasteiger partial charge in [-0.3, -0.25) is 19.0 Å². The number of hydrogen-bond donors (Lipinski definition) is 1. The molecule has 0 aliphatic rings. The Labute approximate surface area is 244 Å². The Balaban J connectivity index is 1.62. The molecule has 0 saturated carbocycles. The number of fused-ring (bicyclic) bond motifs is 1. The third kappa shape index (κ3) is 5.84. The van der Waals surface area contributed by atoms with Gasteiger partial charge in [-0.25, -0.2) is 14.3 Å². The van der Waals surface area contributed by atoms with Crippen molar-refractivity contribution < 1.29 is 19.1 Å². The van der Waals surface area contributed by atoms with Gasteiger partial charge >= 0.3 is 17.6 Å². The van der Waals surface area contributed by atoms with Crippen LogP contribution in [0.25, 0.3) is 33.7 Å². The third-order valence-electron chi connectivity index (χ3n) is 7.10. The normalized spacial score (nSPS) is 11.1. The number of imidazole rings is 1. The Kier molecular flexibility index (Phi) is 8.55. The summed E-state index contributed by atoms with van der Waals surface area (Å²) in [7, 11) is 2.36. The molecule has 0 amide bonds. The van der Waals surface area contributed by atoms with E-state index in [1.807, 2.05) is 55.5 Å². The highest BCUT2D eigenvalue weighted by Crippen LogP contribution is 2.30. The lowest BCUT2D eigenvalue weighted by atomic mass is 9.98. The lowest BCUT2D eigenvalue weighted by Crippen LogP contribution is -2.43. The molecule has 2 aromatic carbocycles. The van der Waals surface area contributed by atoms with Gasteiger partial charge in [0.25, 0.3) is 5.56 Å². The number of carbonyl (C=O) groups excluding carboxylic acids is 2. The molecule has 222 valence electrons. The maximum absolute atomic E-state index is 13.7. The van der Waals surface area contributed by atoms with Crippen molar-refractivity contribution >= 4 is 23.1 Å². The molecule has 0 aliphatic carbocycles. The molecule has 3 heterocycles. The average Bonchev–Trinajstić information content (AvgIpc) is 3.69. The first-order valence-corrected chi connectivity index (χ1v) is 13.6. The Morgan fingerprint density at radius 2 is 1.56 bits per heavy atom. The fraction of sp³-hybridized carbons (Fsp3) is 0.310. The average molecular weight is 587 g/mol. The van der Waals surface area contributed by atoms with Crippen LogP contribution in [0.4, 0.5) is 0 Å². The van der Waals surface area contributed by atoms with Crippen molar-refractivity contribution in [1.82, 2.24) is 39.3 Å². The monoisotopic (exact) mass is 586 g/mol. The van der Waals surface area contributed by atoms with E-state index in [2.05, 4.69) is 25.6 Å². The van der Waals surface area contributed by atoms with Gasteiger partial charge in [0.1, 0.15) is 18.9 Å². The van der Waals surface area contributed by atoms with E-state index in [1.54, 1.807) is 4.57 Å². The lowest BCUT2D eigenvalue weighted by Gasteiger charge is -2.13. The molecule has 14 nitrogen and oxygen atoms in total. The molecule has 0 unspecified atom stereocenters. The predicted molar refractivity (Wildman–Crippen MR) is 155 cm³/mol. The SMILES string of the molecule is CCCCc1nc2c(c(=O)n(CC(=O)OC)c(=O)n2CC(=O)OC)n1Cc1ccc(-c2ccccc2-c2nn[nH]n2)cc1.